The van der Waals surface area contributed by atoms with Crippen molar-refractivity contribution in [2.45, 2.75) is 46.5 Å². The molecule has 1 saturated carbocycles. The van der Waals surface area contributed by atoms with Crippen molar-refractivity contribution in [2.75, 3.05) is 0 Å². The van der Waals surface area contributed by atoms with E-state index in [2.05, 4.69) is 36.7 Å². The van der Waals surface area contributed by atoms with E-state index in [1.54, 1.807) is 6.07 Å². The summed E-state index contributed by atoms with van der Waals surface area (Å²) in [6.45, 7) is 6.72. The predicted octanol–water partition coefficient (Wildman–Crippen LogP) is 5.16. The molecule has 0 bridgehead atoms. The van der Waals surface area contributed by atoms with Crippen molar-refractivity contribution in [1.82, 2.24) is 0 Å². The van der Waals surface area contributed by atoms with E-state index in [4.69, 9.17) is 0 Å². The summed E-state index contributed by atoms with van der Waals surface area (Å²) in [7, 11) is 0. The molecule has 0 aliphatic heterocycles. The minimum atomic E-state index is -0.237. The number of halogens is 2. The summed E-state index contributed by atoms with van der Waals surface area (Å²) in [6, 6.07) is 4.70. The molecule has 1 aliphatic carbocycles. The maximum absolute atomic E-state index is 13.4. The number of hydrogen-bond acceptors (Lipinski definition) is 1. The van der Waals surface area contributed by atoms with E-state index in [-0.39, 0.29) is 17.2 Å². The molecule has 0 radical (unpaired) electrons. The van der Waals surface area contributed by atoms with Crippen LogP contribution in [-0.4, -0.2) is 5.78 Å². The molecule has 0 aromatic heterocycles. The Bertz CT molecular complexity index is 504. The van der Waals surface area contributed by atoms with E-state index in [1.807, 2.05) is 0 Å². The summed E-state index contributed by atoms with van der Waals surface area (Å²) in [5.74, 6) is 0.698. The van der Waals surface area contributed by atoms with Gasteiger partial charge in [-0.25, -0.2) is 4.39 Å². The first kappa shape index (κ1) is 15.7. The Labute approximate surface area is 129 Å². The second-order valence-electron chi connectivity index (χ2n) is 6.94. The van der Waals surface area contributed by atoms with Crippen LogP contribution < -0.4 is 0 Å². The monoisotopic (exact) mass is 340 g/mol. The Hall–Kier alpha value is -0.700. The van der Waals surface area contributed by atoms with Gasteiger partial charge in [0.25, 0.3) is 0 Å². The third-order valence-corrected chi connectivity index (χ3v) is 5.24. The van der Waals surface area contributed by atoms with E-state index in [9.17, 15) is 9.18 Å². The van der Waals surface area contributed by atoms with Crippen LogP contribution >= 0.6 is 15.9 Å². The van der Waals surface area contributed by atoms with E-state index in [1.165, 1.54) is 12.1 Å². The summed E-state index contributed by atoms with van der Waals surface area (Å²) < 4.78 is 14.3. The van der Waals surface area contributed by atoms with Crippen LogP contribution in [0.2, 0.25) is 0 Å². The molecule has 3 heteroatoms. The van der Waals surface area contributed by atoms with Gasteiger partial charge in [0.05, 0.1) is 0 Å². The van der Waals surface area contributed by atoms with Crippen LogP contribution in [0.15, 0.2) is 22.7 Å². The molecule has 0 heterocycles. The standard InChI is InChI=1S/C17H22BrFO/c1-17(2,3)13-4-7-16(20)12(9-13)8-11-10-14(19)5-6-15(11)18/h5-6,10,12-13H,4,7-9H2,1-3H3. The number of ketones is 1. The normalized spacial score (nSPS) is 23.9. The summed E-state index contributed by atoms with van der Waals surface area (Å²) >= 11 is 3.45. The molecule has 0 amide bonds. The van der Waals surface area contributed by atoms with Crippen molar-refractivity contribution in [1.29, 1.82) is 0 Å². The molecule has 1 nitrogen and oxygen atoms in total. The lowest BCUT2D eigenvalue weighted by molar-refractivity contribution is -0.126. The molecule has 110 valence electrons. The summed E-state index contributed by atoms with van der Waals surface area (Å²) in [4.78, 5) is 12.2. The maximum Gasteiger partial charge on any atom is 0.136 e. The van der Waals surface area contributed by atoms with Gasteiger partial charge in [0.2, 0.25) is 0 Å². The average Bonchev–Trinajstić information content (AvgIpc) is 2.35. The Kier molecular flexibility index (Phi) is 4.68. The van der Waals surface area contributed by atoms with Crippen LogP contribution in [-0.2, 0) is 11.2 Å². The van der Waals surface area contributed by atoms with Gasteiger partial charge in [-0.05, 0) is 54.4 Å². The molecule has 0 saturated heterocycles. The van der Waals surface area contributed by atoms with Gasteiger partial charge in [-0.15, -0.1) is 0 Å². The van der Waals surface area contributed by atoms with Crippen molar-refractivity contribution in [3.63, 3.8) is 0 Å². The first-order valence-electron chi connectivity index (χ1n) is 7.24. The zero-order valence-electron chi connectivity index (χ0n) is 12.4. The zero-order valence-corrected chi connectivity index (χ0v) is 14.0. The minimum absolute atomic E-state index is 0.0334. The highest BCUT2D eigenvalue weighted by atomic mass is 79.9. The molecule has 0 spiro atoms. The number of benzene rings is 1. The number of Topliss-reactive ketones (excluding diaryl/α,β-unsaturated/α-hetero) is 1. The third-order valence-electron chi connectivity index (χ3n) is 4.46. The molecular weight excluding hydrogens is 319 g/mol. The Morgan fingerprint density at radius 2 is 2.05 bits per heavy atom. The van der Waals surface area contributed by atoms with Crippen molar-refractivity contribution in [2.24, 2.45) is 17.3 Å². The lowest BCUT2D eigenvalue weighted by atomic mass is 9.67. The highest BCUT2D eigenvalue weighted by Crippen LogP contribution is 2.40. The smallest absolute Gasteiger partial charge is 0.136 e. The Balaban J connectivity index is 2.14. The molecule has 0 N–H and O–H groups in total. The van der Waals surface area contributed by atoms with Crippen molar-refractivity contribution < 1.29 is 9.18 Å². The fraction of sp³-hybridized carbons (Fsp3) is 0.588. The Morgan fingerprint density at radius 1 is 1.35 bits per heavy atom. The highest BCUT2D eigenvalue weighted by molar-refractivity contribution is 9.10. The number of carbonyl (C=O) groups excluding carboxylic acids is 1. The van der Waals surface area contributed by atoms with Crippen LogP contribution in [0.25, 0.3) is 0 Å². The summed E-state index contributed by atoms with van der Waals surface area (Å²) in [5, 5.41) is 0. The topological polar surface area (TPSA) is 17.1 Å². The predicted molar refractivity (Wildman–Crippen MR) is 83.1 cm³/mol. The molecule has 1 aromatic rings. The SMILES string of the molecule is CC(C)(C)C1CCC(=O)C(Cc2cc(F)ccc2Br)C1. The van der Waals surface area contributed by atoms with Gasteiger partial charge < -0.3 is 0 Å². The van der Waals surface area contributed by atoms with Crippen molar-refractivity contribution in [3.05, 3.63) is 34.1 Å². The van der Waals surface area contributed by atoms with Gasteiger partial charge in [0, 0.05) is 16.8 Å². The fourth-order valence-electron chi connectivity index (χ4n) is 3.06. The zero-order chi connectivity index (χ0) is 14.9. The quantitative estimate of drug-likeness (QED) is 0.726. The number of rotatable bonds is 2. The lowest BCUT2D eigenvalue weighted by Gasteiger charge is -2.37. The van der Waals surface area contributed by atoms with Gasteiger partial charge in [-0.3, -0.25) is 4.79 Å². The highest BCUT2D eigenvalue weighted by Gasteiger charge is 2.35. The molecule has 2 atom stereocenters. The molecule has 1 aliphatic rings. The second-order valence-corrected chi connectivity index (χ2v) is 7.79. The van der Waals surface area contributed by atoms with Crippen LogP contribution in [0.4, 0.5) is 4.39 Å². The van der Waals surface area contributed by atoms with Crippen molar-refractivity contribution >= 4 is 21.7 Å². The lowest BCUT2D eigenvalue weighted by Crippen LogP contribution is -2.33. The van der Waals surface area contributed by atoms with E-state index in [0.717, 1.165) is 22.9 Å². The first-order chi connectivity index (χ1) is 9.27. The maximum atomic E-state index is 13.4. The average molecular weight is 341 g/mol. The van der Waals surface area contributed by atoms with Gasteiger partial charge in [0.1, 0.15) is 11.6 Å². The van der Waals surface area contributed by atoms with E-state index >= 15 is 0 Å². The van der Waals surface area contributed by atoms with Crippen LogP contribution in [0.1, 0.15) is 45.6 Å². The second kappa shape index (κ2) is 5.97. The number of hydrogen-bond donors (Lipinski definition) is 0. The van der Waals surface area contributed by atoms with Crippen LogP contribution in [0.3, 0.4) is 0 Å². The van der Waals surface area contributed by atoms with Crippen LogP contribution in [0, 0.1) is 23.1 Å². The van der Waals surface area contributed by atoms with Gasteiger partial charge >= 0.3 is 0 Å². The summed E-state index contributed by atoms with van der Waals surface area (Å²) in [5.41, 5.74) is 1.14. The van der Waals surface area contributed by atoms with Gasteiger partial charge in [-0.2, -0.15) is 0 Å². The largest absolute Gasteiger partial charge is 0.299 e. The minimum Gasteiger partial charge on any atom is -0.299 e. The fourth-order valence-corrected chi connectivity index (χ4v) is 3.47. The first-order valence-corrected chi connectivity index (χ1v) is 8.03. The number of carbonyl (C=O) groups is 1. The molecule has 2 rings (SSSR count). The van der Waals surface area contributed by atoms with Gasteiger partial charge in [-0.1, -0.05) is 36.7 Å². The van der Waals surface area contributed by atoms with E-state index in [0.29, 0.717) is 24.5 Å². The Morgan fingerprint density at radius 3 is 2.70 bits per heavy atom. The molecule has 20 heavy (non-hydrogen) atoms. The molecular formula is C17H22BrFO. The molecule has 2 unspecified atom stereocenters. The van der Waals surface area contributed by atoms with Gasteiger partial charge in [0.15, 0.2) is 0 Å². The third kappa shape index (κ3) is 3.69. The van der Waals surface area contributed by atoms with Crippen molar-refractivity contribution in [3.8, 4) is 0 Å². The summed E-state index contributed by atoms with van der Waals surface area (Å²) in [6.07, 6.45) is 3.22. The van der Waals surface area contributed by atoms with Crippen LogP contribution in [0.5, 0.6) is 0 Å². The molecule has 1 fully saturated rings. The molecule has 1 aromatic carbocycles. The van der Waals surface area contributed by atoms with E-state index < -0.39 is 0 Å².